The van der Waals surface area contributed by atoms with Gasteiger partial charge in [-0.15, -0.1) is 0 Å². The molecule has 1 N–H and O–H groups in total. The van der Waals surface area contributed by atoms with Gasteiger partial charge in [0.1, 0.15) is 0 Å². The van der Waals surface area contributed by atoms with Crippen molar-refractivity contribution in [1.82, 2.24) is 0 Å². The number of hydrogen-bond donors (Lipinski definition) is 1. The first-order chi connectivity index (χ1) is 4.68. The number of Topliss-reactive ketones (excluding diaryl/α,β-unsaturated/α-hetero) is 1. The number of ketones is 1. The number of thioether (sulfide) groups is 1. The Morgan fingerprint density at radius 2 is 2.10 bits per heavy atom. The molecule has 0 aliphatic rings. The van der Waals surface area contributed by atoms with Crippen LogP contribution in [0, 0.1) is 0 Å². The van der Waals surface area contributed by atoms with E-state index in [2.05, 4.69) is 0 Å². The van der Waals surface area contributed by atoms with Crippen LogP contribution in [0.25, 0.3) is 0 Å². The highest BCUT2D eigenvalue weighted by Crippen LogP contribution is 1.99. The van der Waals surface area contributed by atoms with Crippen molar-refractivity contribution in [3.63, 3.8) is 0 Å². The molecule has 0 fully saturated rings. The predicted molar refractivity (Wildman–Crippen MR) is 40.3 cm³/mol. The highest BCUT2D eigenvalue weighted by atomic mass is 32.2. The van der Waals surface area contributed by atoms with Crippen LogP contribution in [0.3, 0.4) is 0 Å². The number of hydrogen-bond acceptors (Lipinski definition) is 3. The van der Waals surface area contributed by atoms with E-state index in [0.717, 1.165) is 5.75 Å². The summed E-state index contributed by atoms with van der Waals surface area (Å²) < 4.78 is 0. The lowest BCUT2D eigenvalue weighted by atomic mass is 10.2. The average Bonchev–Trinajstić information content (AvgIpc) is 1.88. The number of rotatable bonds is 5. The molecule has 0 aromatic carbocycles. The lowest BCUT2D eigenvalue weighted by Crippen LogP contribution is -2.11. The fraction of sp³-hybridized carbons (Fsp3) is 0.667. The second kappa shape index (κ2) is 5.29. The molecule has 0 amide bonds. The fourth-order valence-corrected chi connectivity index (χ4v) is 0.917. The Morgan fingerprint density at radius 3 is 2.50 bits per heavy atom. The maximum absolute atomic E-state index is 10.4. The minimum atomic E-state index is -1.32. The largest absolute Gasteiger partial charge is 0.476 e. The molecule has 0 heterocycles. The molecule has 58 valence electrons. The first kappa shape index (κ1) is 9.49. The Morgan fingerprint density at radius 1 is 1.50 bits per heavy atom. The van der Waals surface area contributed by atoms with Crippen LogP contribution in [0.5, 0.6) is 0 Å². The van der Waals surface area contributed by atoms with E-state index in [4.69, 9.17) is 5.11 Å². The lowest BCUT2D eigenvalue weighted by Gasteiger charge is -1.92. The van der Waals surface area contributed by atoms with Crippen LogP contribution in [-0.4, -0.2) is 28.9 Å². The zero-order valence-corrected chi connectivity index (χ0v) is 6.61. The minimum absolute atomic E-state index is 0.163. The number of carbonyl (C=O) groups excluding carboxylic acids is 1. The van der Waals surface area contributed by atoms with Crippen molar-refractivity contribution in [2.24, 2.45) is 0 Å². The van der Waals surface area contributed by atoms with Gasteiger partial charge in [-0.05, 0) is 18.4 Å². The molecular formula is C6H10O3S. The van der Waals surface area contributed by atoms with Crippen LogP contribution >= 0.6 is 11.8 Å². The Labute approximate surface area is 63.8 Å². The molecule has 0 rings (SSSR count). The molecule has 0 bridgehead atoms. The van der Waals surface area contributed by atoms with Crippen LogP contribution in [0.2, 0.25) is 0 Å². The summed E-state index contributed by atoms with van der Waals surface area (Å²) in [7, 11) is 0. The van der Waals surface area contributed by atoms with Gasteiger partial charge in [0.15, 0.2) is 0 Å². The van der Waals surface area contributed by atoms with Gasteiger partial charge in [0.2, 0.25) is 5.78 Å². The maximum Gasteiger partial charge on any atom is 0.372 e. The van der Waals surface area contributed by atoms with E-state index >= 15 is 0 Å². The molecule has 0 aliphatic carbocycles. The molecule has 0 aromatic heterocycles. The van der Waals surface area contributed by atoms with Gasteiger partial charge < -0.3 is 5.11 Å². The minimum Gasteiger partial charge on any atom is -0.476 e. The molecule has 10 heavy (non-hydrogen) atoms. The topological polar surface area (TPSA) is 54.4 Å². The van der Waals surface area contributed by atoms with Crippen LogP contribution < -0.4 is 0 Å². The van der Waals surface area contributed by atoms with E-state index in [0.29, 0.717) is 6.42 Å². The zero-order valence-electron chi connectivity index (χ0n) is 5.79. The highest BCUT2D eigenvalue weighted by Gasteiger charge is 2.09. The molecule has 0 saturated heterocycles. The van der Waals surface area contributed by atoms with Crippen LogP contribution in [0.4, 0.5) is 0 Å². The number of carbonyl (C=O) groups is 2. The summed E-state index contributed by atoms with van der Waals surface area (Å²) in [6.07, 6.45) is 2.74. The van der Waals surface area contributed by atoms with Gasteiger partial charge in [-0.25, -0.2) is 4.79 Å². The predicted octanol–water partition coefficient (Wildman–Crippen LogP) is 0.783. The summed E-state index contributed by atoms with van der Waals surface area (Å²) in [5.74, 6) is -1.16. The van der Waals surface area contributed by atoms with Gasteiger partial charge in [-0.3, -0.25) is 4.79 Å². The van der Waals surface area contributed by atoms with Gasteiger partial charge in [0, 0.05) is 6.42 Å². The Kier molecular flexibility index (Phi) is 5.02. The van der Waals surface area contributed by atoms with Crippen molar-refractivity contribution >= 4 is 23.5 Å². The summed E-state index contributed by atoms with van der Waals surface area (Å²) in [4.78, 5) is 20.3. The summed E-state index contributed by atoms with van der Waals surface area (Å²) in [5, 5.41) is 8.12. The van der Waals surface area contributed by atoms with Crippen molar-refractivity contribution in [3.8, 4) is 0 Å². The third-order valence-electron chi connectivity index (χ3n) is 0.991. The molecule has 0 unspecified atom stereocenters. The molecule has 4 heteroatoms. The van der Waals surface area contributed by atoms with E-state index in [1.54, 1.807) is 11.8 Å². The number of carboxylic acid groups (broad SMARTS) is 1. The van der Waals surface area contributed by atoms with Gasteiger partial charge in [0.25, 0.3) is 0 Å². The van der Waals surface area contributed by atoms with E-state index in [9.17, 15) is 9.59 Å². The quantitative estimate of drug-likeness (QED) is 0.479. The van der Waals surface area contributed by atoms with Crippen LogP contribution in [0.15, 0.2) is 0 Å². The third-order valence-corrected chi connectivity index (χ3v) is 1.69. The van der Waals surface area contributed by atoms with Crippen molar-refractivity contribution in [1.29, 1.82) is 0 Å². The second-order valence-corrected chi connectivity index (χ2v) is 2.81. The smallest absolute Gasteiger partial charge is 0.372 e. The van der Waals surface area contributed by atoms with Gasteiger partial charge in [0.05, 0.1) is 0 Å². The lowest BCUT2D eigenvalue weighted by molar-refractivity contribution is -0.149. The Hall–Kier alpha value is -0.510. The summed E-state index contributed by atoms with van der Waals surface area (Å²) in [5.41, 5.74) is 0. The standard InChI is InChI=1S/C6H10O3S/c1-10-4-2-3-5(7)6(8)9/h2-4H2,1H3,(H,8,9). The summed E-state index contributed by atoms with van der Waals surface area (Å²) in [6.45, 7) is 0. The third kappa shape index (κ3) is 4.38. The van der Waals surface area contributed by atoms with E-state index in [1.807, 2.05) is 6.26 Å². The molecule has 0 radical (unpaired) electrons. The first-order valence-electron chi connectivity index (χ1n) is 2.93. The monoisotopic (exact) mass is 162 g/mol. The molecule has 0 saturated carbocycles. The second-order valence-electron chi connectivity index (χ2n) is 1.82. The van der Waals surface area contributed by atoms with Crippen molar-refractivity contribution in [2.45, 2.75) is 12.8 Å². The molecule has 0 aliphatic heterocycles. The average molecular weight is 162 g/mol. The normalized spacial score (nSPS) is 9.30. The maximum atomic E-state index is 10.4. The van der Waals surface area contributed by atoms with Crippen molar-refractivity contribution in [3.05, 3.63) is 0 Å². The van der Waals surface area contributed by atoms with E-state index in [1.165, 1.54) is 0 Å². The zero-order chi connectivity index (χ0) is 7.98. The highest BCUT2D eigenvalue weighted by molar-refractivity contribution is 7.98. The number of carboxylic acids is 1. The SMILES string of the molecule is CSCCCC(=O)C(=O)O. The van der Waals surface area contributed by atoms with Gasteiger partial charge >= 0.3 is 5.97 Å². The first-order valence-corrected chi connectivity index (χ1v) is 4.33. The Bertz CT molecular complexity index is 133. The van der Waals surface area contributed by atoms with Crippen molar-refractivity contribution in [2.75, 3.05) is 12.0 Å². The van der Waals surface area contributed by atoms with E-state index < -0.39 is 11.8 Å². The summed E-state index contributed by atoms with van der Waals surface area (Å²) in [6, 6.07) is 0. The van der Waals surface area contributed by atoms with Crippen LogP contribution in [0.1, 0.15) is 12.8 Å². The molecular weight excluding hydrogens is 152 g/mol. The van der Waals surface area contributed by atoms with Gasteiger partial charge in [-0.1, -0.05) is 0 Å². The van der Waals surface area contributed by atoms with Crippen molar-refractivity contribution < 1.29 is 14.7 Å². The van der Waals surface area contributed by atoms with E-state index in [-0.39, 0.29) is 6.42 Å². The summed E-state index contributed by atoms with van der Waals surface area (Å²) >= 11 is 1.61. The molecule has 0 spiro atoms. The molecule has 0 aromatic rings. The fourth-order valence-electron chi connectivity index (χ4n) is 0.484. The molecule has 3 nitrogen and oxygen atoms in total. The molecule has 0 atom stereocenters. The Balaban J connectivity index is 3.31. The van der Waals surface area contributed by atoms with Crippen LogP contribution in [-0.2, 0) is 9.59 Å². The van der Waals surface area contributed by atoms with Gasteiger partial charge in [-0.2, -0.15) is 11.8 Å². The number of aliphatic carboxylic acids is 1.